The summed E-state index contributed by atoms with van der Waals surface area (Å²) in [6.07, 6.45) is -1.43. The van der Waals surface area contributed by atoms with E-state index in [-0.39, 0.29) is 18.4 Å². The molecule has 156 valence electrons. The Labute approximate surface area is 172 Å². The third-order valence-electron chi connectivity index (χ3n) is 5.29. The first kappa shape index (κ1) is 20.2. The van der Waals surface area contributed by atoms with E-state index in [9.17, 15) is 18.0 Å². The van der Waals surface area contributed by atoms with Gasteiger partial charge < -0.3 is 9.64 Å². The average Bonchev–Trinajstić information content (AvgIpc) is 2.74. The molecule has 0 aliphatic carbocycles. The number of nitrogens with zero attached hydrogens (tertiary/aromatic N) is 2. The van der Waals surface area contributed by atoms with Gasteiger partial charge in [-0.3, -0.25) is 9.78 Å². The molecule has 0 saturated carbocycles. The number of likely N-dealkylation sites (tertiary alicyclic amines) is 1. The number of carbonyl (C=O) groups excluding carboxylic acids is 1. The van der Waals surface area contributed by atoms with Crippen molar-refractivity contribution in [3.8, 4) is 5.75 Å². The summed E-state index contributed by atoms with van der Waals surface area (Å²) in [7, 11) is 0. The van der Waals surface area contributed by atoms with Gasteiger partial charge in [-0.25, -0.2) is 0 Å². The number of ether oxygens (including phenoxy) is 1. The van der Waals surface area contributed by atoms with Crippen molar-refractivity contribution in [1.82, 2.24) is 9.88 Å². The van der Waals surface area contributed by atoms with Crippen LogP contribution in [0.1, 0.15) is 24.0 Å². The van der Waals surface area contributed by atoms with Gasteiger partial charge in [-0.2, -0.15) is 13.2 Å². The first-order valence-corrected chi connectivity index (χ1v) is 9.84. The van der Waals surface area contributed by atoms with Crippen LogP contribution in [0.5, 0.6) is 5.75 Å². The minimum Gasteiger partial charge on any atom is -0.488 e. The number of benzene rings is 2. The van der Waals surface area contributed by atoms with Crippen molar-refractivity contribution >= 4 is 16.8 Å². The molecule has 3 aromatic rings. The van der Waals surface area contributed by atoms with E-state index in [0.717, 1.165) is 28.8 Å². The van der Waals surface area contributed by atoms with Gasteiger partial charge in [-0.05, 0) is 23.8 Å². The second-order valence-corrected chi connectivity index (χ2v) is 7.40. The maximum absolute atomic E-state index is 12.9. The summed E-state index contributed by atoms with van der Waals surface area (Å²) in [4.78, 5) is 18.6. The summed E-state index contributed by atoms with van der Waals surface area (Å²) < 4.78 is 44.7. The van der Waals surface area contributed by atoms with Crippen LogP contribution in [0, 0.1) is 0 Å². The van der Waals surface area contributed by atoms with Crippen molar-refractivity contribution in [2.45, 2.75) is 31.5 Å². The molecule has 1 saturated heterocycles. The highest BCUT2D eigenvalue weighted by atomic mass is 19.4. The van der Waals surface area contributed by atoms with Crippen molar-refractivity contribution < 1.29 is 22.7 Å². The number of aromatic nitrogens is 1. The highest BCUT2D eigenvalue weighted by Gasteiger charge is 2.31. The third kappa shape index (κ3) is 4.56. The van der Waals surface area contributed by atoms with E-state index in [1.807, 2.05) is 30.3 Å². The second kappa shape index (κ2) is 8.34. The summed E-state index contributed by atoms with van der Waals surface area (Å²) in [5, 5.41) is 1.00. The molecule has 4 rings (SSSR count). The van der Waals surface area contributed by atoms with E-state index in [2.05, 4.69) is 4.98 Å². The van der Waals surface area contributed by atoms with E-state index in [4.69, 9.17) is 4.74 Å². The normalized spacial score (nSPS) is 15.4. The Morgan fingerprint density at radius 3 is 2.57 bits per heavy atom. The second-order valence-electron chi connectivity index (χ2n) is 7.40. The molecule has 30 heavy (non-hydrogen) atoms. The van der Waals surface area contributed by atoms with E-state index in [0.29, 0.717) is 31.5 Å². The quantitative estimate of drug-likeness (QED) is 0.612. The smallest absolute Gasteiger partial charge is 0.416 e. The van der Waals surface area contributed by atoms with Crippen LogP contribution >= 0.6 is 0 Å². The Bertz CT molecular complexity index is 1040. The van der Waals surface area contributed by atoms with Crippen LogP contribution in [-0.2, 0) is 17.4 Å². The third-order valence-corrected chi connectivity index (χ3v) is 5.29. The van der Waals surface area contributed by atoms with E-state index in [1.54, 1.807) is 17.2 Å². The number of para-hydroxylation sites is 1. The molecular formula is C23H21F3N2O2. The molecule has 1 aromatic heterocycles. The maximum Gasteiger partial charge on any atom is 0.416 e. The zero-order valence-corrected chi connectivity index (χ0v) is 16.2. The summed E-state index contributed by atoms with van der Waals surface area (Å²) in [6.45, 7) is 1.03. The Hall–Kier alpha value is -3.09. The predicted molar refractivity (Wildman–Crippen MR) is 107 cm³/mol. The van der Waals surface area contributed by atoms with Gasteiger partial charge in [0.25, 0.3) is 0 Å². The predicted octanol–water partition coefficient (Wildman–Crippen LogP) is 4.87. The fourth-order valence-corrected chi connectivity index (χ4v) is 3.72. The van der Waals surface area contributed by atoms with Gasteiger partial charge in [0.2, 0.25) is 5.91 Å². The van der Waals surface area contributed by atoms with Gasteiger partial charge in [0, 0.05) is 37.5 Å². The number of piperidine rings is 1. The number of alkyl halides is 3. The van der Waals surface area contributed by atoms with E-state index in [1.165, 1.54) is 6.07 Å². The van der Waals surface area contributed by atoms with Crippen LogP contribution in [-0.4, -0.2) is 35.0 Å². The average molecular weight is 414 g/mol. The Kier molecular flexibility index (Phi) is 5.61. The van der Waals surface area contributed by atoms with Gasteiger partial charge in [-0.15, -0.1) is 0 Å². The van der Waals surface area contributed by atoms with Gasteiger partial charge in [0.15, 0.2) is 0 Å². The molecule has 1 aliphatic heterocycles. The lowest BCUT2D eigenvalue weighted by atomic mass is 10.0. The highest BCUT2D eigenvalue weighted by Crippen LogP contribution is 2.30. The standard InChI is InChI=1S/C23H21F3N2O2/c24-23(25,26)18-7-1-4-16(14-18)15-21(29)28-12-9-19(10-13-28)30-20-8-2-5-17-6-3-11-27-22(17)20/h1-8,11,14,19H,9-10,12-13,15H2. The van der Waals surface area contributed by atoms with Gasteiger partial charge in [0.05, 0.1) is 12.0 Å². The molecule has 0 unspecified atom stereocenters. The van der Waals surface area contributed by atoms with Crippen LogP contribution in [0.3, 0.4) is 0 Å². The fourth-order valence-electron chi connectivity index (χ4n) is 3.72. The van der Waals surface area contributed by atoms with Crippen LogP contribution in [0.15, 0.2) is 60.8 Å². The molecule has 0 radical (unpaired) electrons. The highest BCUT2D eigenvalue weighted by molar-refractivity contribution is 5.84. The summed E-state index contributed by atoms with van der Waals surface area (Å²) in [6, 6.07) is 14.6. The number of amides is 1. The number of pyridine rings is 1. The molecule has 2 heterocycles. The van der Waals surface area contributed by atoms with Crippen molar-refractivity contribution in [3.63, 3.8) is 0 Å². The molecule has 7 heteroatoms. The molecule has 1 aliphatic rings. The lowest BCUT2D eigenvalue weighted by molar-refractivity contribution is -0.138. The summed E-state index contributed by atoms with van der Waals surface area (Å²) in [5.41, 5.74) is 0.446. The number of fused-ring (bicyclic) bond motifs is 1. The number of rotatable bonds is 4. The topological polar surface area (TPSA) is 42.4 Å². The van der Waals surface area contributed by atoms with Crippen LogP contribution in [0.25, 0.3) is 10.9 Å². The molecule has 0 atom stereocenters. The molecule has 2 aromatic carbocycles. The minimum absolute atomic E-state index is 0.0322. The van der Waals surface area contributed by atoms with Crippen molar-refractivity contribution in [1.29, 1.82) is 0 Å². The number of halogens is 3. The van der Waals surface area contributed by atoms with Gasteiger partial charge in [-0.1, -0.05) is 36.4 Å². The SMILES string of the molecule is O=C(Cc1cccc(C(F)(F)F)c1)N1CCC(Oc2cccc3cccnc23)CC1. The fraction of sp³-hybridized carbons (Fsp3) is 0.304. The molecule has 0 bridgehead atoms. The molecule has 1 amide bonds. The molecular weight excluding hydrogens is 393 g/mol. The summed E-state index contributed by atoms with van der Waals surface area (Å²) in [5.74, 6) is 0.557. The Morgan fingerprint density at radius 1 is 1.07 bits per heavy atom. The number of hydrogen-bond donors (Lipinski definition) is 0. The van der Waals surface area contributed by atoms with Crippen molar-refractivity contribution in [3.05, 3.63) is 71.9 Å². The first-order chi connectivity index (χ1) is 14.4. The summed E-state index contributed by atoms with van der Waals surface area (Å²) >= 11 is 0. The Balaban J connectivity index is 1.35. The number of hydrogen-bond acceptors (Lipinski definition) is 3. The van der Waals surface area contributed by atoms with Gasteiger partial charge >= 0.3 is 6.18 Å². The zero-order valence-electron chi connectivity index (χ0n) is 16.2. The number of carbonyl (C=O) groups is 1. The van der Waals surface area contributed by atoms with E-state index < -0.39 is 11.7 Å². The monoisotopic (exact) mass is 414 g/mol. The molecule has 0 N–H and O–H groups in total. The molecule has 0 spiro atoms. The first-order valence-electron chi connectivity index (χ1n) is 9.84. The Morgan fingerprint density at radius 2 is 1.80 bits per heavy atom. The maximum atomic E-state index is 12.9. The molecule has 4 nitrogen and oxygen atoms in total. The van der Waals surface area contributed by atoms with Crippen molar-refractivity contribution in [2.75, 3.05) is 13.1 Å². The van der Waals surface area contributed by atoms with Crippen LogP contribution in [0.4, 0.5) is 13.2 Å². The lowest BCUT2D eigenvalue weighted by Gasteiger charge is -2.32. The molecule has 1 fully saturated rings. The van der Waals surface area contributed by atoms with E-state index >= 15 is 0 Å². The minimum atomic E-state index is -4.41. The van der Waals surface area contributed by atoms with Crippen LogP contribution in [0.2, 0.25) is 0 Å². The lowest BCUT2D eigenvalue weighted by Crippen LogP contribution is -2.42. The van der Waals surface area contributed by atoms with Gasteiger partial charge in [0.1, 0.15) is 17.4 Å². The van der Waals surface area contributed by atoms with Crippen LogP contribution < -0.4 is 4.74 Å². The zero-order chi connectivity index (χ0) is 21.1. The largest absolute Gasteiger partial charge is 0.488 e. The van der Waals surface area contributed by atoms with Crippen molar-refractivity contribution in [2.24, 2.45) is 0 Å².